The number of benzene rings is 1. The predicted molar refractivity (Wildman–Crippen MR) is 194 cm³/mol. The molecule has 1 aliphatic heterocycles. The van der Waals surface area contributed by atoms with Gasteiger partial charge in [0.05, 0.1) is 30.5 Å². The Bertz CT molecular complexity index is 1490. The van der Waals surface area contributed by atoms with Crippen molar-refractivity contribution in [2.75, 3.05) is 32.3 Å². The molecule has 270 valence electrons. The van der Waals surface area contributed by atoms with Crippen molar-refractivity contribution in [1.29, 1.82) is 0 Å². The number of methoxy groups -OCH3 is 1. The van der Waals surface area contributed by atoms with Crippen LogP contribution in [0.3, 0.4) is 0 Å². The maximum Gasteiger partial charge on any atom is 0.247 e. The van der Waals surface area contributed by atoms with Gasteiger partial charge in [-0.25, -0.2) is 8.78 Å². The van der Waals surface area contributed by atoms with Crippen molar-refractivity contribution >= 4 is 23.2 Å². The monoisotopic (exact) mass is 682 g/mol. The maximum absolute atomic E-state index is 15.8. The molecule has 4 rings (SSSR count). The number of fused-ring (bicyclic) bond motifs is 2. The molecule has 2 aromatic rings. The molecular weight excluding hydrogens is 626 g/mol. The van der Waals surface area contributed by atoms with Gasteiger partial charge in [-0.15, -0.1) is 0 Å². The van der Waals surface area contributed by atoms with E-state index in [0.717, 1.165) is 37.7 Å². The first-order valence-corrected chi connectivity index (χ1v) is 17.5. The van der Waals surface area contributed by atoms with Crippen LogP contribution in [0.25, 0.3) is 0 Å². The topological polar surface area (TPSA) is 93.1 Å². The van der Waals surface area contributed by atoms with E-state index in [0.29, 0.717) is 47.5 Å². The van der Waals surface area contributed by atoms with E-state index in [1.165, 1.54) is 30.9 Å². The van der Waals surface area contributed by atoms with Crippen molar-refractivity contribution in [3.63, 3.8) is 0 Å². The number of allylic oxidation sites excluding steroid dienone is 2. The first-order valence-electron chi connectivity index (χ1n) is 17.5. The summed E-state index contributed by atoms with van der Waals surface area (Å²) in [4.78, 5) is 35.9. The number of pyridine rings is 1. The van der Waals surface area contributed by atoms with Crippen LogP contribution in [0.2, 0.25) is 0 Å². The number of aliphatic imine (C=N–C) groups is 1. The van der Waals surface area contributed by atoms with Crippen LogP contribution < -0.4 is 15.0 Å². The van der Waals surface area contributed by atoms with Crippen LogP contribution in [0.1, 0.15) is 122 Å². The zero-order valence-electron chi connectivity index (χ0n) is 31.0. The Morgan fingerprint density at radius 1 is 1.10 bits per heavy atom. The highest BCUT2D eigenvalue weighted by atomic mass is 19.1. The fraction of sp³-hybridized carbons (Fsp3) is 0.538. The summed E-state index contributed by atoms with van der Waals surface area (Å²) in [7, 11) is 2.91. The second-order valence-electron chi connectivity index (χ2n) is 12.2. The number of carbonyl (C=O) groups excluding carboxylic acids is 2. The molecule has 0 radical (unpaired) electrons. The summed E-state index contributed by atoms with van der Waals surface area (Å²) in [5.41, 5.74) is 1.87. The van der Waals surface area contributed by atoms with Gasteiger partial charge in [-0.05, 0) is 79.8 Å². The maximum atomic E-state index is 15.8. The van der Waals surface area contributed by atoms with Gasteiger partial charge in [-0.2, -0.15) is 0 Å². The number of aromatic nitrogens is 1. The molecule has 0 saturated heterocycles. The van der Waals surface area contributed by atoms with E-state index in [2.05, 4.69) is 49.6 Å². The Morgan fingerprint density at radius 3 is 2.20 bits per heavy atom. The van der Waals surface area contributed by atoms with Crippen molar-refractivity contribution in [3.05, 3.63) is 76.8 Å². The van der Waals surface area contributed by atoms with Gasteiger partial charge >= 0.3 is 0 Å². The summed E-state index contributed by atoms with van der Waals surface area (Å²) in [6.07, 6.45) is 11.1. The number of carbonyl (C=O) groups is 2. The Morgan fingerprint density at radius 2 is 1.73 bits per heavy atom. The highest BCUT2D eigenvalue weighted by Gasteiger charge is 2.57. The Labute approximate surface area is 292 Å². The average molecular weight is 683 g/mol. The summed E-state index contributed by atoms with van der Waals surface area (Å²) in [5, 5.41) is 2.72. The Hall–Kier alpha value is -3.92. The smallest absolute Gasteiger partial charge is 0.247 e. The molecule has 1 spiro atoms. The number of hydrogen-bond donors (Lipinski definition) is 1. The quantitative estimate of drug-likeness (QED) is 0.130. The lowest BCUT2D eigenvalue weighted by molar-refractivity contribution is -0.121. The molecule has 49 heavy (non-hydrogen) atoms. The molecule has 2 aliphatic rings. The molecule has 1 atom stereocenters. The zero-order valence-corrected chi connectivity index (χ0v) is 31.0. The summed E-state index contributed by atoms with van der Waals surface area (Å²) in [5.74, 6) is -2.68. The first-order chi connectivity index (χ1) is 23.5. The summed E-state index contributed by atoms with van der Waals surface area (Å²) in [6.45, 7) is 19.4. The number of unbranched alkanes of at least 4 members (excludes halogenated alkanes) is 1. The molecule has 1 N–H and O–H groups in total. The highest BCUT2D eigenvalue weighted by Crippen LogP contribution is 2.55. The van der Waals surface area contributed by atoms with Gasteiger partial charge in [0, 0.05) is 26.5 Å². The molecule has 1 fully saturated rings. The number of hydrogen-bond acceptors (Lipinski definition) is 6. The number of anilines is 1. The number of nitrogens with one attached hydrogen (secondary N) is 1. The van der Waals surface area contributed by atoms with Crippen LogP contribution >= 0.6 is 0 Å². The van der Waals surface area contributed by atoms with Crippen molar-refractivity contribution in [2.24, 2.45) is 4.99 Å². The number of halogens is 2. The van der Waals surface area contributed by atoms with E-state index < -0.39 is 17.0 Å². The van der Waals surface area contributed by atoms with Crippen molar-refractivity contribution in [3.8, 4) is 5.75 Å². The molecule has 10 heteroatoms. The van der Waals surface area contributed by atoms with Gasteiger partial charge in [0.25, 0.3) is 0 Å². The molecular formula is C39H56F2N4O4. The van der Waals surface area contributed by atoms with Crippen molar-refractivity contribution in [2.45, 2.75) is 111 Å². The second-order valence-corrected chi connectivity index (χ2v) is 12.2. The predicted octanol–water partition coefficient (Wildman–Crippen LogP) is 8.71. The molecule has 1 saturated carbocycles. The minimum Gasteiger partial charge on any atom is -0.494 e. The lowest BCUT2D eigenvalue weighted by Gasteiger charge is -2.35. The van der Waals surface area contributed by atoms with Gasteiger partial charge in [0.15, 0.2) is 17.4 Å². The van der Waals surface area contributed by atoms with Gasteiger partial charge in [0.2, 0.25) is 11.8 Å². The molecule has 1 aliphatic carbocycles. The molecule has 1 aromatic carbocycles. The van der Waals surface area contributed by atoms with Crippen LogP contribution in [-0.2, 0) is 26.3 Å². The summed E-state index contributed by atoms with van der Waals surface area (Å²) < 4.78 is 41.7. The van der Waals surface area contributed by atoms with Crippen LogP contribution in [0.4, 0.5) is 14.5 Å². The lowest BCUT2D eigenvalue weighted by atomic mass is 9.85. The van der Waals surface area contributed by atoms with E-state index >= 15 is 8.78 Å². The standard InChI is InChI=1S/C29H32F2N4O3.C6H14O.C4H10/c1-7-16(4)18-12-22(38-6)25(31)27(24(18)30)35-15-17-14-33-21(13-19(17)29(10-11-29)28(35)37)26(32-5)20(8-2)34-23(36)9-3;1-3-5-7-6-4-2;1-3-4-2/h8-9,12-14,16H,3,7,10-11,15H2,1-2,4-6H3,(H,34,36);3-6H2,1-2H3;3-4H2,1-2H3/b20-8+,32-26?;;. The van der Waals surface area contributed by atoms with Gasteiger partial charge in [-0.1, -0.05) is 67.0 Å². The normalized spacial score (nSPS) is 15.3. The number of nitrogens with zero attached hydrogens (tertiary/aromatic N) is 3. The number of rotatable bonds is 13. The van der Waals surface area contributed by atoms with Crippen LogP contribution in [-0.4, -0.2) is 49.9 Å². The lowest BCUT2D eigenvalue weighted by Crippen LogP contribution is -2.45. The van der Waals surface area contributed by atoms with Crippen LogP contribution in [0, 0.1) is 11.6 Å². The van der Waals surface area contributed by atoms with E-state index in [4.69, 9.17) is 9.47 Å². The minimum atomic E-state index is -0.900. The third kappa shape index (κ3) is 9.84. The third-order valence-corrected chi connectivity index (χ3v) is 8.69. The number of amides is 2. The van der Waals surface area contributed by atoms with Gasteiger partial charge in [-0.3, -0.25) is 19.6 Å². The van der Waals surface area contributed by atoms with Crippen molar-refractivity contribution in [1.82, 2.24) is 10.3 Å². The third-order valence-electron chi connectivity index (χ3n) is 8.69. The van der Waals surface area contributed by atoms with E-state index in [-0.39, 0.29) is 35.7 Å². The van der Waals surface area contributed by atoms with E-state index in [9.17, 15) is 9.59 Å². The Balaban J connectivity index is 0.000000656. The zero-order chi connectivity index (χ0) is 36.7. The molecule has 2 amide bonds. The first kappa shape index (κ1) is 41.3. The SMILES string of the molecule is C=CC(=O)N/C(=C/C)C(=NC)c1cc2c(cn1)CN(c1c(F)c(OC)cc(C(C)CC)c1F)C(=O)C21CC1.CCCC.CCCOCCC. The van der Waals surface area contributed by atoms with Crippen molar-refractivity contribution < 1.29 is 27.8 Å². The van der Waals surface area contributed by atoms with Crippen LogP contribution in [0.5, 0.6) is 5.75 Å². The van der Waals surface area contributed by atoms with E-state index in [1.807, 2.05) is 13.8 Å². The summed E-state index contributed by atoms with van der Waals surface area (Å²) >= 11 is 0. The van der Waals surface area contributed by atoms with Gasteiger partial charge in [0.1, 0.15) is 11.4 Å². The average Bonchev–Trinajstić information content (AvgIpc) is 3.92. The second kappa shape index (κ2) is 19.9. The minimum absolute atomic E-state index is 0.0353. The fourth-order valence-electron chi connectivity index (χ4n) is 5.39. The van der Waals surface area contributed by atoms with E-state index in [1.54, 1.807) is 32.3 Å². The molecule has 1 aromatic heterocycles. The number of ether oxygens (including phenoxy) is 2. The Kier molecular flexibility index (Phi) is 16.8. The molecule has 1 unspecified atom stereocenters. The summed E-state index contributed by atoms with van der Waals surface area (Å²) in [6, 6.07) is 3.17. The molecule has 8 nitrogen and oxygen atoms in total. The molecule has 0 bridgehead atoms. The van der Waals surface area contributed by atoms with Gasteiger partial charge < -0.3 is 19.7 Å². The highest BCUT2D eigenvalue weighted by molar-refractivity contribution is 6.14. The fourth-order valence-corrected chi connectivity index (χ4v) is 5.39. The molecule has 2 heterocycles. The largest absolute Gasteiger partial charge is 0.494 e. The van der Waals surface area contributed by atoms with Crippen LogP contribution in [0.15, 0.2) is 47.7 Å².